The Morgan fingerprint density at radius 1 is 1.14 bits per heavy atom. The van der Waals surface area contributed by atoms with Crippen molar-refractivity contribution in [2.75, 3.05) is 5.43 Å². The number of nitrogens with one attached hydrogen (secondary N) is 1. The van der Waals surface area contributed by atoms with Gasteiger partial charge in [0.25, 0.3) is 0 Å². The van der Waals surface area contributed by atoms with E-state index in [4.69, 9.17) is 10.8 Å². The SMILES string of the molecule is Cc1c(NN)nc(CSC(C)(C)C)nc1-c1ccccc1. The summed E-state index contributed by atoms with van der Waals surface area (Å²) >= 11 is 1.82. The molecule has 21 heavy (non-hydrogen) atoms. The first-order chi connectivity index (χ1) is 9.90. The number of rotatable bonds is 4. The highest BCUT2D eigenvalue weighted by Crippen LogP contribution is 2.29. The Hall–Kier alpha value is -1.59. The molecule has 0 aliphatic rings. The molecule has 0 saturated heterocycles. The molecule has 2 aromatic rings. The lowest BCUT2D eigenvalue weighted by Gasteiger charge is -2.18. The van der Waals surface area contributed by atoms with Crippen LogP contribution >= 0.6 is 11.8 Å². The first kappa shape index (κ1) is 15.8. The van der Waals surface area contributed by atoms with Crippen LogP contribution in [0.15, 0.2) is 30.3 Å². The van der Waals surface area contributed by atoms with Gasteiger partial charge in [0.2, 0.25) is 0 Å². The minimum absolute atomic E-state index is 0.178. The average molecular weight is 302 g/mol. The van der Waals surface area contributed by atoms with E-state index in [2.05, 4.69) is 43.3 Å². The van der Waals surface area contributed by atoms with Crippen molar-refractivity contribution in [3.63, 3.8) is 0 Å². The molecule has 1 heterocycles. The number of thioether (sulfide) groups is 1. The molecule has 0 unspecified atom stereocenters. The standard InChI is InChI=1S/C16H22N4S/c1-11-14(12-8-6-5-7-9-12)18-13(19-15(11)20-17)10-21-16(2,3)4/h5-9H,10,17H2,1-4H3,(H,18,19,20). The number of aromatic nitrogens is 2. The van der Waals surface area contributed by atoms with Crippen LogP contribution in [0.2, 0.25) is 0 Å². The van der Waals surface area contributed by atoms with E-state index in [-0.39, 0.29) is 4.75 Å². The summed E-state index contributed by atoms with van der Waals surface area (Å²) in [5.41, 5.74) is 5.66. The predicted octanol–water partition coefficient (Wildman–Crippen LogP) is 3.77. The molecule has 0 amide bonds. The molecule has 112 valence electrons. The summed E-state index contributed by atoms with van der Waals surface area (Å²) in [7, 11) is 0. The van der Waals surface area contributed by atoms with Crippen molar-refractivity contribution in [2.24, 2.45) is 5.84 Å². The number of nitrogens with two attached hydrogens (primary N) is 1. The molecule has 0 atom stereocenters. The van der Waals surface area contributed by atoms with Gasteiger partial charge in [0.05, 0.1) is 11.4 Å². The molecule has 0 radical (unpaired) electrons. The highest BCUT2D eigenvalue weighted by molar-refractivity contribution is 7.99. The minimum Gasteiger partial charge on any atom is -0.308 e. The third-order valence-electron chi connectivity index (χ3n) is 3.01. The number of hydrogen-bond acceptors (Lipinski definition) is 5. The van der Waals surface area contributed by atoms with Crippen LogP contribution in [0, 0.1) is 6.92 Å². The fraction of sp³-hybridized carbons (Fsp3) is 0.375. The first-order valence-electron chi connectivity index (χ1n) is 6.94. The summed E-state index contributed by atoms with van der Waals surface area (Å²) < 4.78 is 0.178. The lowest BCUT2D eigenvalue weighted by molar-refractivity contribution is 0.800. The molecule has 0 fully saturated rings. The Labute approximate surface area is 130 Å². The van der Waals surface area contributed by atoms with Gasteiger partial charge in [0.1, 0.15) is 11.6 Å². The fourth-order valence-electron chi connectivity index (χ4n) is 1.93. The van der Waals surface area contributed by atoms with Crippen LogP contribution in [-0.2, 0) is 5.75 Å². The third kappa shape index (κ3) is 4.19. The second kappa shape index (κ2) is 6.45. The van der Waals surface area contributed by atoms with Crippen LogP contribution in [0.4, 0.5) is 5.82 Å². The Kier molecular flexibility index (Phi) is 4.85. The Morgan fingerprint density at radius 2 is 1.81 bits per heavy atom. The van der Waals surface area contributed by atoms with E-state index < -0.39 is 0 Å². The van der Waals surface area contributed by atoms with Crippen LogP contribution in [0.5, 0.6) is 0 Å². The second-order valence-electron chi connectivity index (χ2n) is 5.87. The number of anilines is 1. The molecule has 0 spiro atoms. The molecule has 2 rings (SSSR count). The zero-order valence-electron chi connectivity index (χ0n) is 13.0. The number of nitrogen functional groups attached to an aromatic ring is 1. The molecule has 3 N–H and O–H groups in total. The van der Waals surface area contributed by atoms with E-state index in [9.17, 15) is 0 Å². The predicted molar refractivity (Wildman–Crippen MR) is 91.1 cm³/mol. The van der Waals surface area contributed by atoms with Gasteiger partial charge in [0, 0.05) is 15.9 Å². The summed E-state index contributed by atoms with van der Waals surface area (Å²) in [4.78, 5) is 9.24. The van der Waals surface area contributed by atoms with Crippen LogP contribution in [-0.4, -0.2) is 14.7 Å². The Balaban J connectivity index is 2.40. The molecule has 0 saturated carbocycles. The van der Waals surface area contributed by atoms with Gasteiger partial charge in [-0.3, -0.25) is 0 Å². The van der Waals surface area contributed by atoms with Crippen molar-refractivity contribution in [1.29, 1.82) is 0 Å². The van der Waals surface area contributed by atoms with Crippen molar-refractivity contribution < 1.29 is 0 Å². The Morgan fingerprint density at radius 3 is 2.38 bits per heavy atom. The van der Waals surface area contributed by atoms with Crippen molar-refractivity contribution in [2.45, 2.75) is 38.2 Å². The van der Waals surface area contributed by atoms with Crippen molar-refractivity contribution >= 4 is 17.6 Å². The van der Waals surface area contributed by atoms with E-state index in [0.717, 1.165) is 28.4 Å². The first-order valence-corrected chi connectivity index (χ1v) is 7.93. The monoisotopic (exact) mass is 302 g/mol. The molecule has 0 aliphatic heterocycles. The molecule has 1 aromatic carbocycles. The zero-order valence-corrected chi connectivity index (χ0v) is 13.8. The topological polar surface area (TPSA) is 63.8 Å². The summed E-state index contributed by atoms with van der Waals surface area (Å²) in [6.07, 6.45) is 0. The number of hydrazine groups is 1. The molecule has 5 heteroatoms. The van der Waals surface area contributed by atoms with E-state index in [1.165, 1.54) is 0 Å². The summed E-state index contributed by atoms with van der Waals surface area (Å²) in [5, 5.41) is 0. The second-order valence-corrected chi connectivity index (χ2v) is 7.68. The van der Waals surface area contributed by atoms with Crippen molar-refractivity contribution in [3.05, 3.63) is 41.7 Å². The lowest BCUT2D eigenvalue weighted by atomic mass is 10.1. The maximum Gasteiger partial charge on any atom is 0.147 e. The van der Waals surface area contributed by atoms with Crippen molar-refractivity contribution in [3.8, 4) is 11.3 Å². The molecule has 0 aliphatic carbocycles. The molecular weight excluding hydrogens is 280 g/mol. The maximum absolute atomic E-state index is 5.60. The molecule has 4 nitrogen and oxygen atoms in total. The molecule has 0 bridgehead atoms. The fourth-order valence-corrected chi connectivity index (χ4v) is 2.62. The number of nitrogens with zero attached hydrogens (tertiary/aromatic N) is 2. The number of hydrogen-bond donors (Lipinski definition) is 2. The van der Waals surface area contributed by atoms with Gasteiger partial charge >= 0.3 is 0 Å². The molecule has 1 aromatic heterocycles. The maximum atomic E-state index is 5.60. The van der Waals surface area contributed by atoms with Crippen LogP contribution in [0.3, 0.4) is 0 Å². The summed E-state index contributed by atoms with van der Waals surface area (Å²) in [6, 6.07) is 10.1. The van der Waals surface area contributed by atoms with Gasteiger partial charge in [-0.05, 0) is 6.92 Å². The van der Waals surface area contributed by atoms with Gasteiger partial charge in [-0.15, -0.1) is 11.8 Å². The normalized spacial score (nSPS) is 11.5. The highest BCUT2D eigenvalue weighted by Gasteiger charge is 2.15. The average Bonchev–Trinajstić information content (AvgIpc) is 2.46. The van der Waals surface area contributed by atoms with E-state index in [1.54, 1.807) is 0 Å². The number of benzene rings is 1. The van der Waals surface area contributed by atoms with Crippen LogP contribution < -0.4 is 11.3 Å². The van der Waals surface area contributed by atoms with Gasteiger partial charge in [-0.1, -0.05) is 51.1 Å². The highest BCUT2D eigenvalue weighted by atomic mass is 32.2. The minimum atomic E-state index is 0.178. The quantitative estimate of drug-likeness (QED) is 0.665. The molecular formula is C16H22N4S. The third-order valence-corrected chi connectivity index (χ3v) is 4.28. The summed E-state index contributed by atoms with van der Waals surface area (Å²) in [6.45, 7) is 8.54. The van der Waals surface area contributed by atoms with Gasteiger partial charge in [-0.25, -0.2) is 15.8 Å². The van der Waals surface area contributed by atoms with Crippen molar-refractivity contribution in [1.82, 2.24) is 9.97 Å². The lowest BCUT2D eigenvalue weighted by Crippen LogP contribution is -2.14. The summed E-state index contributed by atoms with van der Waals surface area (Å²) in [5.74, 6) is 7.85. The van der Waals surface area contributed by atoms with Gasteiger partial charge < -0.3 is 5.43 Å². The van der Waals surface area contributed by atoms with Crippen LogP contribution in [0.25, 0.3) is 11.3 Å². The Bertz CT molecular complexity index is 606. The van der Waals surface area contributed by atoms with Crippen LogP contribution in [0.1, 0.15) is 32.2 Å². The van der Waals surface area contributed by atoms with E-state index in [1.807, 2.05) is 36.9 Å². The zero-order chi connectivity index (χ0) is 15.5. The van der Waals surface area contributed by atoms with Gasteiger partial charge in [0.15, 0.2) is 0 Å². The van der Waals surface area contributed by atoms with E-state index in [0.29, 0.717) is 5.82 Å². The smallest absolute Gasteiger partial charge is 0.147 e. The largest absolute Gasteiger partial charge is 0.308 e. The van der Waals surface area contributed by atoms with E-state index >= 15 is 0 Å². The van der Waals surface area contributed by atoms with Gasteiger partial charge in [-0.2, -0.15) is 0 Å².